The van der Waals surface area contributed by atoms with Crippen LogP contribution in [-0.2, 0) is 14.8 Å². The molecular formula is C11H25N3O3S. The molecule has 0 aromatic heterocycles. The molecule has 7 heteroatoms. The smallest absolute Gasteiger partial charge is 0.221 e. The summed E-state index contributed by atoms with van der Waals surface area (Å²) in [6.45, 7) is 5.85. The Morgan fingerprint density at radius 3 is 2.33 bits per heavy atom. The van der Waals surface area contributed by atoms with Crippen LogP contribution in [0.5, 0.6) is 0 Å². The molecular weight excluding hydrogens is 254 g/mol. The number of rotatable bonds is 9. The fourth-order valence-corrected chi connectivity index (χ4v) is 2.70. The van der Waals surface area contributed by atoms with Gasteiger partial charge in [0.05, 0.1) is 5.25 Å². The van der Waals surface area contributed by atoms with Crippen molar-refractivity contribution in [3.05, 3.63) is 0 Å². The van der Waals surface area contributed by atoms with E-state index in [4.69, 9.17) is 5.73 Å². The Labute approximate surface area is 110 Å². The Morgan fingerprint density at radius 2 is 1.89 bits per heavy atom. The van der Waals surface area contributed by atoms with E-state index in [1.165, 1.54) is 0 Å². The van der Waals surface area contributed by atoms with E-state index in [-0.39, 0.29) is 31.5 Å². The zero-order valence-electron chi connectivity index (χ0n) is 11.4. The minimum atomic E-state index is -3.41. The minimum Gasteiger partial charge on any atom is -0.354 e. The largest absolute Gasteiger partial charge is 0.354 e. The Morgan fingerprint density at radius 1 is 1.28 bits per heavy atom. The second kappa shape index (κ2) is 8.44. The van der Waals surface area contributed by atoms with Gasteiger partial charge >= 0.3 is 0 Å². The van der Waals surface area contributed by atoms with Gasteiger partial charge in [0.25, 0.3) is 0 Å². The molecule has 1 amide bonds. The molecule has 0 rings (SSSR count). The van der Waals surface area contributed by atoms with Crippen LogP contribution in [0.1, 0.15) is 40.0 Å². The summed E-state index contributed by atoms with van der Waals surface area (Å²) in [6, 6.07) is 0.113. The van der Waals surface area contributed by atoms with Crippen molar-refractivity contribution in [1.82, 2.24) is 10.0 Å². The summed E-state index contributed by atoms with van der Waals surface area (Å²) in [5.74, 6) is -0.146. The van der Waals surface area contributed by atoms with Gasteiger partial charge in [-0.3, -0.25) is 4.79 Å². The van der Waals surface area contributed by atoms with Gasteiger partial charge in [0.15, 0.2) is 0 Å². The fourth-order valence-electron chi connectivity index (χ4n) is 1.39. The summed E-state index contributed by atoms with van der Waals surface area (Å²) in [5, 5.41) is 2.19. The predicted molar refractivity (Wildman–Crippen MR) is 72.6 cm³/mol. The second-order valence-electron chi connectivity index (χ2n) is 4.33. The van der Waals surface area contributed by atoms with E-state index in [0.717, 1.165) is 6.42 Å². The van der Waals surface area contributed by atoms with E-state index in [2.05, 4.69) is 10.0 Å². The third-order valence-corrected chi connectivity index (χ3v) is 4.84. The summed E-state index contributed by atoms with van der Waals surface area (Å²) in [7, 11) is -3.41. The van der Waals surface area contributed by atoms with Crippen LogP contribution in [0.15, 0.2) is 0 Å². The SMILES string of the molecule is CCC(C)NC(=O)CCNS(=O)(=O)C(CC)CN. The van der Waals surface area contributed by atoms with E-state index in [1.54, 1.807) is 6.92 Å². The van der Waals surface area contributed by atoms with Gasteiger partial charge in [0.1, 0.15) is 0 Å². The Balaban J connectivity index is 4.07. The van der Waals surface area contributed by atoms with Crippen LogP contribution < -0.4 is 15.8 Å². The lowest BCUT2D eigenvalue weighted by Gasteiger charge is -2.15. The highest BCUT2D eigenvalue weighted by molar-refractivity contribution is 7.90. The normalized spacial score (nSPS) is 15.1. The molecule has 0 aliphatic carbocycles. The van der Waals surface area contributed by atoms with E-state index in [1.807, 2.05) is 13.8 Å². The van der Waals surface area contributed by atoms with Crippen LogP contribution in [0, 0.1) is 0 Å². The lowest BCUT2D eigenvalue weighted by molar-refractivity contribution is -0.121. The monoisotopic (exact) mass is 279 g/mol. The van der Waals surface area contributed by atoms with E-state index < -0.39 is 15.3 Å². The molecule has 0 spiro atoms. The van der Waals surface area contributed by atoms with E-state index in [9.17, 15) is 13.2 Å². The van der Waals surface area contributed by atoms with Gasteiger partial charge in [0, 0.05) is 25.6 Å². The molecule has 18 heavy (non-hydrogen) atoms. The molecule has 0 fully saturated rings. The van der Waals surface area contributed by atoms with E-state index >= 15 is 0 Å². The van der Waals surface area contributed by atoms with Crippen LogP contribution >= 0.6 is 0 Å². The predicted octanol–water partition coefficient (Wildman–Crippen LogP) is -0.0521. The molecule has 6 nitrogen and oxygen atoms in total. The van der Waals surface area contributed by atoms with Gasteiger partial charge in [-0.05, 0) is 19.8 Å². The first kappa shape index (κ1) is 17.3. The summed E-state index contributed by atoms with van der Waals surface area (Å²) in [6.07, 6.45) is 1.46. The third-order valence-electron chi connectivity index (χ3n) is 2.83. The molecule has 0 radical (unpaired) electrons. The lowest BCUT2D eigenvalue weighted by Crippen LogP contribution is -2.40. The zero-order valence-corrected chi connectivity index (χ0v) is 12.2. The number of carbonyl (C=O) groups excluding carboxylic acids is 1. The maximum Gasteiger partial charge on any atom is 0.221 e. The summed E-state index contributed by atoms with van der Waals surface area (Å²) >= 11 is 0. The Bertz CT molecular complexity index is 339. The fraction of sp³-hybridized carbons (Fsp3) is 0.909. The maximum absolute atomic E-state index is 11.7. The molecule has 2 unspecified atom stereocenters. The van der Waals surface area contributed by atoms with Crippen molar-refractivity contribution >= 4 is 15.9 Å². The molecule has 0 aromatic rings. The molecule has 0 saturated heterocycles. The van der Waals surface area contributed by atoms with Crippen molar-refractivity contribution in [3.8, 4) is 0 Å². The van der Waals surface area contributed by atoms with Crippen LogP contribution in [0.3, 0.4) is 0 Å². The molecule has 0 saturated carbocycles. The third kappa shape index (κ3) is 6.32. The summed E-state index contributed by atoms with van der Waals surface area (Å²) in [4.78, 5) is 11.4. The first-order valence-electron chi connectivity index (χ1n) is 6.35. The van der Waals surface area contributed by atoms with Gasteiger partial charge in [-0.15, -0.1) is 0 Å². The highest BCUT2D eigenvalue weighted by Gasteiger charge is 2.21. The Kier molecular flexibility index (Phi) is 8.13. The second-order valence-corrected chi connectivity index (χ2v) is 6.38. The zero-order chi connectivity index (χ0) is 14.2. The highest BCUT2D eigenvalue weighted by Crippen LogP contribution is 2.02. The van der Waals surface area contributed by atoms with Gasteiger partial charge in [0.2, 0.25) is 15.9 Å². The van der Waals surface area contributed by atoms with Crippen LogP contribution in [0.4, 0.5) is 0 Å². The molecule has 0 aromatic carbocycles. The van der Waals surface area contributed by atoms with Crippen LogP contribution in [0.25, 0.3) is 0 Å². The van der Waals surface area contributed by atoms with Gasteiger partial charge < -0.3 is 11.1 Å². The quantitative estimate of drug-likeness (QED) is 0.550. The standard InChI is InChI=1S/C11H25N3O3S/c1-4-9(3)14-11(15)6-7-13-18(16,17)10(5-2)8-12/h9-10,13H,4-8,12H2,1-3H3,(H,14,15). The molecule has 2 atom stereocenters. The number of amides is 1. The molecule has 0 heterocycles. The van der Waals surface area contributed by atoms with Crippen molar-refractivity contribution < 1.29 is 13.2 Å². The number of hydrogen-bond donors (Lipinski definition) is 3. The van der Waals surface area contributed by atoms with Gasteiger partial charge in [-0.25, -0.2) is 13.1 Å². The number of sulfonamides is 1. The van der Waals surface area contributed by atoms with E-state index in [0.29, 0.717) is 6.42 Å². The number of carbonyl (C=O) groups is 1. The number of nitrogens with two attached hydrogens (primary N) is 1. The minimum absolute atomic E-state index is 0.0882. The van der Waals surface area contributed by atoms with Crippen LogP contribution in [-0.4, -0.2) is 38.7 Å². The molecule has 0 bridgehead atoms. The Hall–Kier alpha value is -0.660. The van der Waals surface area contributed by atoms with Crippen molar-refractivity contribution in [2.45, 2.75) is 51.3 Å². The van der Waals surface area contributed by atoms with Crippen molar-refractivity contribution in [1.29, 1.82) is 0 Å². The molecule has 4 N–H and O–H groups in total. The highest BCUT2D eigenvalue weighted by atomic mass is 32.2. The van der Waals surface area contributed by atoms with Crippen molar-refractivity contribution in [2.75, 3.05) is 13.1 Å². The summed E-state index contributed by atoms with van der Waals surface area (Å²) < 4.78 is 25.9. The number of nitrogens with one attached hydrogen (secondary N) is 2. The first-order chi connectivity index (χ1) is 8.37. The molecule has 0 aliphatic heterocycles. The van der Waals surface area contributed by atoms with Crippen molar-refractivity contribution in [3.63, 3.8) is 0 Å². The average molecular weight is 279 g/mol. The summed E-state index contributed by atoms with van der Waals surface area (Å²) in [5.41, 5.74) is 5.39. The molecule has 0 aliphatic rings. The topological polar surface area (TPSA) is 101 Å². The molecule has 108 valence electrons. The first-order valence-corrected chi connectivity index (χ1v) is 7.89. The maximum atomic E-state index is 11.7. The van der Waals surface area contributed by atoms with Crippen molar-refractivity contribution in [2.24, 2.45) is 5.73 Å². The van der Waals surface area contributed by atoms with Gasteiger partial charge in [-0.1, -0.05) is 13.8 Å². The van der Waals surface area contributed by atoms with Gasteiger partial charge in [-0.2, -0.15) is 0 Å². The average Bonchev–Trinajstić information content (AvgIpc) is 2.29. The lowest BCUT2D eigenvalue weighted by atomic mass is 10.2. The number of hydrogen-bond acceptors (Lipinski definition) is 4. The van der Waals surface area contributed by atoms with Crippen LogP contribution in [0.2, 0.25) is 0 Å².